The fourth-order valence-electron chi connectivity index (χ4n) is 3.26. The first kappa shape index (κ1) is 17.3. The quantitative estimate of drug-likeness (QED) is 0.767. The molecule has 1 fully saturated rings. The van der Waals surface area contributed by atoms with Crippen LogP contribution >= 0.6 is 11.6 Å². The number of halogens is 1. The number of rotatable bonds is 4. The average Bonchev–Trinajstić information content (AvgIpc) is 2.69. The minimum absolute atomic E-state index is 0.690. The summed E-state index contributed by atoms with van der Waals surface area (Å²) in [5, 5.41) is 2.57. The van der Waals surface area contributed by atoms with E-state index >= 15 is 0 Å². The number of fused-ring (bicyclic) bond motifs is 1. The predicted octanol–water partition coefficient (Wildman–Crippen LogP) is 2.57. The number of benzene rings is 2. The van der Waals surface area contributed by atoms with Gasteiger partial charge in [-0.05, 0) is 18.2 Å². The molecule has 0 atom stereocenters. The second kappa shape index (κ2) is 8.04. The molecule has 2 heterocycles. The molecule has 4 rings (SSSR count). The normalized spacial score (nSPS) is 16.3. The standard InChI is InChI=1S/C21H21ClN2O2/c22-17-6-7-20-18(14-17)19(23-8-9-24-10-12-25-13-11-24)15-21(26-20)16-4-2-1-3-5-16/h1-7,14-15H,8-13H2/p+1. The zero-order valence-electron chi connectivity index (χ0n) is 14.6. The third kappa shape index (κ3) is 3.98. The predicted molar refractivity (Wildman–Crippen MR) is 103 cm³/mol. The van der Waals surface area contributed by atoms with Gasteiger partial charge in [-0.3, -0.25) is 4.99 Å². The van der Waals surface area contributed by atoms with E-state index in [1.54, 1.807) is 4.90 Å². The van der Waals surface area contributed by atoms with Crippen LogP contribution in [0.3, 0.4) is 0 Å². The Hall–Kier alpha value is -2.14. The Labute approximate surface area is 157 Å². The van der Waals surface area contributed by atoms with E-state index in [1.165, 1.54) is 0 Å². The van der Waals surface area contributed by atoms with Crippen LogP contribution in [0.25, 0.3) is 22.3 Å². The Morgan fingerprint density at radius 3 is 2.62 bits per heavy atom. The van der Waals surface area contributed by atoms with Crippen molar-refractivity contribution >= 4 is 22.6 Å². The minimum atomic E-state index is 0.690. The lowest BCUT2D eigenvalue weighted by Gasteiger charge is -2.22. The highest BCUT2D eigenvalue weighted by Crippen LogP contribution is 2.23. The zero-order valence-corrected chi connectivity index (χ0v) is 15.3. The van der Waals surface area contributed by atoms with Gasteiger partial charge in [0.05, 0.1) is 31.7 Å². The van der Waals surface area contributed by atoms with Crippen LogP contribution in [0.4, 0.5) is 0 Å². The van der Waals surface area contributed by atoms with Gasteiger partial charge in [0.1, 0.15) is 24.4 Å². The van der Waals surface area contributed by atoms with Crippen LogP contribution in [0, 0.1) is 0 Å². The van der Waals surface area contributed by atoms with Gasteiger partial charge in [-0.15, -0.1) is 0 Å². The molecule has 0 spiro atoms. The molecule has 1 aliphatic rings. The van der Waals surface area contributed by atoms with Gasteiger partial charge in [0.15, 0.2) is 0 Å². The minimum Gasteiger partial charge on any atom is -0.456 e. The molecular weight excluding hydrogens is 348 g/mol. The SMILES string of the molecule is Clc1ccc2oc(-c3ccccc3)cc(=NCC[NH+]3CCOCC3)c2c1. The van der Waals surface area contributed by atoms with E-state index in [4.69, 9.17) is 25.7 Å². The molecule has 0 radical (unpaired) electrons. The van der Waals surface area contributed by atoms with E-state index in [0.29, 0.717) is 5.02 Å². The molecule has 134 valence electrons. The van der Waals surface area contributed by atoms with Gasteiger partial charge < -0.3 is 14.1 Å². The lowest BCUT2D eigenvalue weighted by atomic mass is 10.1. The molecule has 0 bridgehead atoms. The lowest BCUT2D eigenvalue weighted by Crippen LogP contribution is -3.14. The molecule has 2 aromatic carbocycles. The number of nitrogens with zero attached hydrogens (tertiary/aromatic N) is 1. The van der Waals surface area contributed by atoms with Crippen molar-refractivity contribution in [3.8, 4) is 11.3 Å². The summed E-state index contributed by atoms with van der Waals surface area (Å²) in [6.07, 6.45) is 0. The summed E-state index contributed by atoms with van der Waals surface area (Å²) in [6, 6.07) is 17.8. The Bertz CT molecular complexity index is 947. The Kier molecular flexibility index (Phi) is 5.34. The smallest absolute Gasteiger partial charge is 0.136 e. The van der Waals surface area contributed by atoms with Gasteiger partial charge in [-0.1, -0.05) is 41.9 Å². The number of quaternary nitrogens is 1. The van der Waals surface area contributed by atoms with Crippen LogP contribution in [0.1, 0.15) is 0 Å². The van der Waals surface area contributed by atoms with E-state index < -0.39 is 0 Å². The fourth-order valence-corrected chi connectivity index (χ4v) is 3.43. The Morgan fingerprint density at radius 1 is 1.00 bits per heavy atom. The van der Waals surface area contributed by atoms with E-state index in [1.807, 2.05) is 54.6 Å². The van der Waals surface area contributed by atoms with Gasteiger partial charge in [0.25, 0.3) is 0 Å². The molecule has 1 aliphatic heterocycles. The van der Waals surface area contributed by atoms with Crippen molar-refractivity contribution in [3.05, 3.63) is 65.0 Å². The van der Waals surface area contributed by atoms with E-state index in [2.05, 4.69) is 0 Å². The molecule has 1 saturated heterocycles. The summed E-state index contributed by atoms with van der Waals surface area (Å²) in [4.78, 5) is 6.42. The van der Waals surface area contributed by atoms with Gasteiger partial charge in [0.2, 0.25) is 0 Å². The van der Waals surface area contributed by atoms with Gasteiger partial charge in [-0.25, -0.2) is 0 Å². The molecule has 4 nitrogen and oxygen atoms in total. The highest BCUT2D eigenvalue weighted by atomic mass is 35.5. The number of ether oxygens (including phenoxy) is 1. The first-order chi connectivity index (χ1) is 12.8. The summed E-state index contributed by atoms with van der Waals surface area (Å²) in [7, 11) is 0. The van der Waals surface area contributed by atoms with Crippen molar-refractivity contribution in [3.63, 3.8) is 0 Å². The highest BCUT2D eigenvalue weighted by molar-refractivity contribution is 6.31. The molecule has 0 saturated carbocycles. The van der Waals surface area contributed by atoms with Gasteiger partial charge >= 0.3 is 0 Å². The lowest BCUT2D eigenvalue weighted by molar-refractivity contribution is -0.906. The molecule has 1 aromatic heterocycles. The molecule has 3 aromatic rings. The summed E-state index contributed by atoms with van der Waals surface area (Å²) in [6.45, 7) is 5.59. The maximum absolute atomic E-state index is 6.20. The van der Waals surface area contributed by atoms with Gasteiger partial charge in [0, 0.05) is 22.0 Å². The molecule has 1 N–H and O–H groups in total. The summed E-state index contributed by atoms with van der Waals surface area (Å²) >= 11 is 6.20. The van der Waals surface area contributed by atoms with Crippen LogP contribution in [-0.2, 0) is 4.74 Å². The van der Waals surface area contributed by atoms with Crippen LogP contribution in [0.2, 0.25) is 5.02 Å². The number of hydrogen-bond donors (Lipinski definition) is 1. The van der Waals surface area contributed by atoms with Gasteiger partial charge in [-0.2, -0.15) is 0 Å². The highest BCUT2D eigenvalue weighted by Gasteiger charge is 2.12. The van der Waals surface area contributed by atoms with Crippen LogP contribution in [0.15, 0.2) is 64.0 Å². The third-order valence-corrected chi connectivity index (χ3v) is 4.95. The topological polar surface area (TPSA) is 39.2 Å². The van der Waals surface area contributed by atoms with Crippen molar-refractivity contribution in [2.75, 3.05) is 39.4 Å². The number of morpholine rings is 1. The average molecular weight is 370 g/mol. The first-order valence-electron chi connectivity index (χ1n) is 9.00. The van der Waals surface area contributed by atoms with Crippen molar-refractivity contribution < 1.29 is 14.1 Å². The van der Waals surface area contributed by atoms with Crippen LogP contribution in [-0.4, -0.2) is 39.4 Å². The molecule has 0 aliphatic carbocycles. The van der Waals surface area contributed by atoms with Crippen molar-refractivity contribution in [2.24, 2.45) is 4.99 Å². The maximum atomic E-state index is 6.20. The first-order valence-corrected chi connectivity index (χ1v) is 9.38. The molecule has 5 heteroatoms. The zero-order chi connectivity index (χ0) is 17.8. The molecule has 0 amide bonds. The fraction of sp³-hybridized carbons (Fsp3) is 0.286. The van der Waals surface area contributed by atoms with Crippen molar-refractivity contribution in [2.45, 2.75) is 0 Å². The maximum Gasteiger partial charge on any atom is 0.136 e. The largest absolute Gasteiger partial charge is 0.456 e. The van der Waals surface area contributed by atoms with Crippen LogP contribution in [0.5, 0.6) is 0 Å². The third-order valence-electron chi connectivity index (χ3n) is 4.71. The Morgan fingerprint density at radius 2 is 1.81 bits per heavy atom. The van der Waals surface area contributed by atoms with E-state index in [9.17, 15) is 0 Å². The summed E-state index contributed by atoms with van der Waals surface area (Å²) < 4.78 is 11.5. The molecule has 0 unspecified atom stereocenters. The second-order valence-corrected chi connectivity index (χ2v) is 6.93. The van der Waals surface area contributed by atoms with E-state index in [-0.39, 0.29) is 0 Å². The Balaban J connectivity index is 1.70. The molecular formula is C21H22ClN2O2+. The molecule has 26 heavy (non-hydrogen) atoms. The monoisotopic (exact) mass is 369 g/mol. The van der Waals surface area contributed by atoms with E-state index in [0.717, 1.165) is 67.0 Å². The van der Waals surface area contributed by atoms with Crippen LogP contribution < -0.4 is 10.3 Å². The van der Waals surface area contributed by atoms with Crippen molar-refractivity contribution in [1.29, 1.82) is 0 Å². The second-order valence-electron chi connectivity index (χ2n) is 6.50. The van der Waals surface area contributed by atoms with Crippen molar-refractivity contribution in [1.82, 2.24) is 0 Å². The summed E-state index contributed by atoms with van der Waals surface area (Å²) in [5.41, 5.74) is 1.84. The summed E-state index contributed by atoms with van der Waals surface area (Å²) in [5.74, 6) is 0.817. The number of nitrogens with one attached hydrogen (secondary N) is 1. The number of hydrogen-bond acceptors (Lipinski definition) is 3.